The summed E-state index contributed by atoms with van der Waals surface area (Å²) < 4.78 is 0. The lowest BCUT2D eigenvalue weighted by Crippen LogP contribution is -2.50. The molecule has 1 atom stereocenters. The number of carbonyl (C=O) groups is 1. The van der Waals surface area contributed by atoms with Gasteiger partial charge in [-0.05, 0) is 36.7 Å². The second-order valence-corrected chi connectivity index (χ2v) is 6.40. The van der Waals surface area contributed by atoms with E-state index >= 15 is 0 Å². The molecule has 4 heteroatoms. The van der Waals surface area contributed by atoms with E-state index in [9.17, 15) is 4.79 Å². The number of carbonyl (C=O) groups excluding carboxylic acids is 1. The predicted molar refractivity (Wildman–Crippen MR) is 70.6 cm³/mol. The molecule has 1 aliphatic rings. The molecular weight excluding hydrogens is 220 g/mol. The first kappa shape index (κ1) is 13.8. The van der Waals surface area contributed by atoms with Gasteiger partial charge < -0.3 is 10.6 Å². The molecular formula is C12H24N2OS. The average Bonchev–Trinajstić information content (AvgIpc) is 2.23. The van der Waals surface area contributed by atoms with Gasteiger partial charge in [0.05, 0.1) is 6.04 Å². The highest BCUT2D eigenvalue weighted by molar-refractivity contribution is 7.98. The van der Waals surface area contributed by atoms with E-state index in [4.69, 9.17) is 5.73 Å². The van der Waals surface area contributed by atoms with Gasteiger partial charge in [0.25, 0.3) is 0 Å². The van der Waals surface area contributed by atoms with Crippen molar-refractivity contribution in [3.05, 3.63) is 0 Å². The van der Waals surface area contributed by atoms with Crippen molar-refractivity contribution in [3.63, 3.8) is 0 Å². The van der Waals surface area contributed by atoms with Crippen LogP contribution in [0.4, 0.5) is 0 Å². The third-order valence-corrected chi connectivity index (χ3v) is 3.81. The molecule has 1 rings (SSSR count). The van der Waals surface area contributed by atoms with E-state index in [1.54, 1.807) is 11.8 Å². The van der Waals surface area contributed by atoms with Gasteiger partial charge in [-0.3, -0.25) is 4.79 Å². The molecule has 2 N–H and O–H groups in total. The standard InChI is InChI=1S/C12H24N2OS/c1-12(2)6-4-7-14(9-12)11(15)10(13)5-8-16-3/h10H,4-9,13H2,1-3H3/t10-/m1/s1. The molecule has 3 nitrogen and oxygen atoms in total. The monoisotopic (exact) mass is 244 g/mol. The summed E-state index contributed by atoms with van der Waals surface area (Å²) >= 11 is 1.74. The predicted octanol–water partition coefficient (Wildman–Crippen LogP) is 1.72. The fraction of sp³-hybridized carbons (Fsp3) is 0.917. The van der Waals surface area contributed by atoms with Gasteiger partial charge in [0.2, 0.25) is 5.91 Å². The van der Waals surface area contributed by atoms with Gasteiger partial charge in [-0.2, -0.15) is 11.8 Å². The number of nitrogens with two attached hydrogens (primary N) is 1. The van der Waals surface area contributed by atoms with Crippen LogP contribution in [-0.2, 0) is 4.79 Å². The highest BCUT2D eigenvalue weighted by atomic mass is 32.2. The first-order chi connectivity index (χ1) is 7.46. The number of rotatable bonds is 4. The van der Waals surface area contributed by atoms with Crippen molar-refractivity contribution in [3.8, 4) is 0 Å². The van der Waals surface area contributed by atoms with Crippen molar-refractivity contribution in [2.45, 2.75) is 39.2 Å². The molecule has 1 heterocycles. The molecule has 0 unspecified atom stereocenters. The quantitative estimate of drug-likeness (QED) is 0.819. The molecule has 1 aliphatic heterocycles. The Bertz CT molecular complexity index is 243. The zero-order valence-corrected chi connectivity index (χ0v) is 11.5. The van der Waals surface area contributed by atoms with Crippen molar-refractivity contribution in [2.75, 3.05) is 25.1 Å². The van der Waals surface area contributed by atoms with Crippen LogP contribution in [-0.4, -0.2) is 41.9 Å². The maximum absolute atomic E-state index is 12.1. The second kappa shape index (κ2) is 5.92. The van der Waals surface area contributed by atoms with Crippen LogP contribution in [0, 0.1) is 5.41 Å². The third kappa shape index (κ3) is 3.98. The summed E-state index contributed by atoms with van der Waals surface area (Å²) in [4.78, 5) is 14.0. The highest BCUT2D eigenvalue weighted by Gasteiger charge is 2.30. The average molecular weight is 244 g/mol. The molecule has 0 aliphatic carbocycles. The Morgan fingerprint density at radius 3 is 2.81 bits per heavy atom. The Morgan fingerprint density at radius 1 is 1.56 bits per heavy atom. The summed E-state index contributed by atoms with van der Waals surface area (Å²) in [6.45, 7) is 6.19. The van der Waals surface area contributed by atoms with Gasteiger partial charge in [-0.15, -0.1) is 0 Å². The van der Waals surface area contributed by atoms with Gasteiger partial charge in [-0.1, -0.05) is 13.8 Å². The summed E-state index contributed by atoms with van der Waals surface area (Å²) in [5.74, 6) is 1.10. The van der Waals surface area contributed by atoms with E-state index in [1.807, 2.05) is 11.2 Å². The molecule has 0 bridgehead atoms. The Kier molecular flexibility index (Phi) is 5.12. The Hall–Kier alpha value is -0.220. The Balaban J connectivity index is 2.46. The zero-order chi connectivity index (χ0) is 12.2. The first-order valence-corrected chi connectivity index (χ1v) is 7.39. The van der Waals surface area contributed by atoms with Crippen molar-refractivity contribution in [2.24, 2.45) is 11.1 Å². The molecule has 0 aromatic heterocycles. The van der Waals surface area contributed by atoms with E-state index in [1.165, 1.54) is 6.42 Å². The normalized spacial score (nSPS) is 21.9. The van der Waals surface area contributed by atoms with E-state index in [0.717, 1.165) is 31.7 Å². The number of likely N-dealkylation sites (tertiary alicyclic amines) is 1. The third-order valence-electron chi connectivity index (χ3n) is 3.16. The van der Waals surface area contributed by atoms with Gasteiger partial charge in [0, 0.05) is 13.1 Å². The molecule has 0 aromatic rings. The molecule has 16 heavy (non-hydrogen) atoms. The minimum atomic E-state index is -0.304. The van der Waals surface area contributed by atoms with Crippen LogP contribution >= 0.6 is 11.8 Å². The Labute approximate surface area is 103 Å². The number of nitrogens with zero attached hydrogens (tertiary/aromatic N) is 1. The molecule has 0 radical (unpaired) electrons. The van der Waals surface area contributed by atoms with Gasteiger partial charge in [0.15, 0.2) is 0 Å². The molecule has 1 amide bonds. The van der Waals surface area contributed by atoms with Crippen LogP contribution in [0.2, 0.25) is 0 Å². The van der Waals surface area contributed by atoms with Gasteiger partial charge in [-0.25, -0.2) is 0 Å². The molecule has 94 valence electrons. The fourth-order valence-electron chi connectivity index (χ4n) is 2.21. The number of hydrogen-bond acceptors (Lipinski definition) is 3. The number of piperidine rings is 1. The van der Waals surface area contributed by atoms with E-state index < -0.39 is 0 Å². The van der Waals surface area contributed by atoms with Gasteiger partial charge >= 0.3 is 0 Å². The van der Waals surface area contributed by atoms with Crippen molar-refractivity contribution < 1.29 is 4.79 Å². The summed E-state index contributed by atoms with van der Waals surface area (Å²) in [6, 6.07) is -0.304. The Morgan fingerprint density at radius 2 is 2.25 bits per heavy atom. The van der Waals surface area contributed by atoms with Crippen LogP contribution in [0.15, 0.2) is 0 Å². The van der Waals surface area contributed by atoms with Crippen LogP contribution in [0.1, 0.15) is 33.1 Å². The highest BCUT2D eigenvalue weighted by Crippen LogP contribution is 2.28. The van der Waals surface area contributed by atoms with Gasteiger partial charge in [0.1, 0.15) is 0 Å². The fourth-order valence-corrected chi connectivity index (χ4v) is 2.70. The summed E-state index contributed by atoms with van der Waals surface area (Å²) in [6.07, 6.45) is 5.14. The van der Waals surface area contributed by atoms with Crippen LogP contribution in [0.25, 0.3) is 0 Å². The lowest BCUT2D eigenvalue weighted by Gasteiger charge is -2.39. The smallest absolute Gasteiger partial charge is 0.239 e. The largest absolute Gasteiger partial charge is 0.341 e. The maximum atomic E-state index is 12.1. The number of hydrogen-bond donors (Lipinski definition) is 1. The summed E-state index contributed by atoms with van der Waals surface area (Å²) in [7, 11) is 0. The van der Waals surface area contributed by atoms with Crippen LogP contribution < -0.4 is 5.73 Å². The molecule has 0 spiro atoms. The molecule has 0 aromatic carbocycles. The maximum Gasteiger partial charge on any atom is 0.239 e. The van der Waals surface area contributed by atoms with Crippen molar-refractivity contribution >= 4 is 17.7 Å². The molecule has 1 saturated heterocycles. The van der Waals surface area contributed by atoms with Crippen molar-refractivity contribution in [1.82, 2.24) is 4.90 Å². The summed E-state index contributed by atoms with van der Waals surface area (Å²) in [5, 5.41) is 0. The number of thioether (sulfide) groups is 1. The van der Waals surface area contributed by atoms with E-state index in [-0.39, 0.29) is 17.4 Å². The van der Waals surface area contributed by atoms with Crippen LogP contribution in [0.5, 0.6) is 0 Å². The lowest BCUT2D eigenvalue weighted by molar-refractivity contribution is -0.135. The molecule has 0 saturated carbocycles. The zero-order valence-electron chi connectivity index (χ0n) is 10.7. The first-order valence-electron chi connectivity index (χ1n) is 5.99. The SMILES string of the molecule is CSCC[C@@H](N)C(=O)N1CCCC(C)(C)C1. The minimum absolute atomic E-state index is 0.141. The van der Waals surface area contributed by atoms with Crippen LogP contribution in [0.3, 0.4) is 0 Å². The van der Waals surface area contributed by atoms with Crippen molar-refractivity contribution in [1.29, 1.82) is 0 Å². The summed E-state index contributed by atoms with van der Waals surface area (Å²) in [5.41, 5.74) is 6.18. The van der Waals surface area contributed by atoms with E-state index in [2.05, 4.69) is 13.8 Å². The topological polar surface area (TPSA) is 46.3 Å². The van der Waals surface area contributed by atoms with E-state index in [0.29, 0.717) is 0 Å². The molecule has 1 fully saturated rings. The lowest BCUT2D eigenvalue weighted by atomic mass is 9.84. The minimum Gasteiger partial charge on any atom is -0.341 e. The number of amides is 1. The second-order valence-electron chi connectivity index (χ2n) is 5.42.